The van der Waals surface area contributed by atoms with Gasteiger partial charge >= 0.3 is 8.38 Å². The first-order chi connectivity index (χ1) is 11.2. The van der Waals surface area contributed by atoms with Gasteiger partial charge in [-0.15, -0.1) is 0 Å². The zero-order chi connectivity index (χ0) is 16.1. The van der Waals surface area contributed by atoms with Crippen LogP contribution in [0.2, 0.25) is 0 Å². The van der Waals surface area contributed by atoms with Crippen molar-refractivity contribution in [1.29, 1.82) is 0 Å². The molecule has 0 amide bonds. The van der Waals surface area contributed by atoms with Crippen LogP contribution in [-0.4, -0.2) is 10.2 Å². The van der Waals surface area contributed by atoms with Gasteiger partial charge in [-0.3, -0.25) is 0 Å². The third-order valence-electron chi connectivity index (χ3n) is 3.02. The van der Waals surface area contributed by atoms with Crippen molar-refractivity contribution in [3.05, 3.63) is 78.9 Å². The van der Waals surface area contributed by atoms with Gasteiger partial charge in [-0.2, -0.15) is 0 Å². The van der Waals surface area contributed by atoms with Crippen LogP contribution >= 0.6 is 8.38 Å². The summed E-state index contributed by atoms with van der Waals surface area (Å²) in [4.78, 5) is 0. The molecule has 0 aromatic heterocycles. The van der Waals surface area contributed by atoms with Gasteiger partial charge in [0.15, 0.2) is 0 Å². The minimum absolute atomic E-state index is 0.0146. The highest BCUT2D eigenvalue weighted by molar-refractivity contribution is 7.57. The standard InChI is InChI=1S/C18H15O4P/c19-14-11-12-17(20)18(13-14)23(21-15-7-3-1-4-8-15)22-16-9-5-2-6-10-16/h1-13,19-20H. The van der Waals surface area contributed by atoms with Gasteiger partial charge in [0.2, 0.25) is 0 Å². The van der Waals surface area contributed by atoms with Crippen LogP contribution < -0.4 is 14.4 Å². The first kappa shape index (κ1) is 15.2. The minimum Gasteiger partial charge on any atom is -0.508 e. The van der Waals surface area contributed by atoms with Crippen LogP contribution in [0, 0.1) is 0 Å². The number of para-hydroxylation sites is 2. The summed E-state index contributed by atoms with van der Waals surface area (Å²) in [5.74, 6) is 1.30. The van der Waals surface area contributed by atoms with Gasteiger partial charge in [0, 0.05) is 0 Å². The lowest BCUT2D eigenvalue weighted by atomic mass is 10.3. The van der Waals surface area contributed by atoms with Crippen LogP contribution in [0.15, 0.2) is 78.9 Å². The third kappa shape index (κ3) is 3.93. The van der Waals surface area contributed by atoms with Gasteiger partial charge in [-0.25, -0.2) is 0 Å². The summed E-state index contributed by atoms with van der Waals surface area (Å²) in [7, 11) is -1.66. The molecule has 0 aliphatic carbocycles. The Kier molecular flexibility index (Phi) is 4.65. The lowest BCUT2D eigenvalue weighted by molar-refractivity contribution is 0.458. The van der Waals surface area contributed by atoms with E-state index in [0.717, 1.165) is 0 Å². The monoisotopic (exact) mass is 326 g/mol. The molecule has 0 unspecified atom stereocenters. The van der Waals surface area contributed by atoms with Crippen molar-refractivity contribution in [3.63, 3.8) is 0 Å². The fourth-order valence-electron chi connectivity index (χ4n) is 1.93. The maximum atomic E-state index is 10.1. The SMILES string of the molecule is Oc1ccc(O)c(P(Oc2ccccc2)Oc2ccccc2)c1. The highest BCUT2D eigenvalue weighted by Gasteiger charge is 2.22. The Labute approximate surface area is 135 Å². The van der Waals surface area contributed by atoms with E-state index in [9.17, 15) is 10.2 Å². The predicted molar refractivity (Wildman–Crippen MR) is 90.5 cm³/mol. The molecule has 2 N–H and O–H groups in total. The number of phenols is 2. The van der Waals surface area contributed by atoms with Crippen LogP contribution in [0.1, 0.15) is 0 Å². The van der Waals surface area contributed by atoms with Crippen molar-refractivity contribution in [3.8, 4) is 23.0 Å². The molecule has 0 aliphatic rings. The van der Waals surface area contributed by atoms with E-state index in [1.807, 2.05) is 60.7 Å². The van der Waals surface area contributed by atoms with Crippen molar-refractivity contribution in [2.75, 3.05) is 0 Å². The zero-order valence-electron chi connectivity index (χ0n) is 12.2. The average Bonchev–Trinajstić information content (AvgIpc) is 2.58. The van der Waals surface area contributed by atoms with Gasteiger partial charge in [0.05, 0.1) is 0 Å². The molecule has 3 aromatic rings. The molecule has 4 nitrogen and oxygen atoms in total. The second-order valence-electron chi connectivity index (χ2n) is 4.74. The number of rotatable bonds is 5. The number of benzene rings is 3. The first-order valence-electron chi connectivity index (χ1n) is 7.00. The molecule has 0 fully saturated rings. The second kappa shape index (κ2) is 7.03. The number of hydrogen-bond acceptors (Lipinski definition) is 4. The molecule has 3 rings (SSSR count). The molecule has 0 heterocycles. The Morgan fingerprint density at radius 1 is 0.652 bits per heavy atom. The molecule has 0 radical (unpaired) electrons. The lowest BCUT2D eigenvalue weighted by Gasteiger charge is -2.19. The van der Waals surface area contributed by atoms with Crippen LogP contribution in [0.3, 0.4) is 0 Å². The Morgan fingerprint density at radius 2 is 1.17 bits per heavy atom. The van der Waals surface area contributed by atoms with Gasteiger partial charge in [0.25, 0.3) is 0 Å². The van der Waals surface area contributed by atoms with E-state index in [4.69, 9.17) is 9.05 Å². The molecular formula is C18H15O4P. The molecule has 0 spiro atoms. The summed E-state index contributed by atoms with van der Waals surface area (Å²) in [6.45, 7) is 0. The van der Waals surface area contributed by atoms with Crippen LogP contribution in [-0.2, 0) is 0 Å². The fraction of sp³-hybridized carbons (Fsp3) is 0. The molecule has 0 aliphatic heterocycles. The topological polar surface area (TPSA) is 58.9 Å². The van der Waals surface area contributed by atoms with E-state index in [2.05, 4.69) is 0 Å². The van der Waals surface area contributed by atoms with E-state index < -0.39 is 8.38 Å². The molecule has 3 aromatic carbocycles. The Bertz CT molecular complexity index is 721. The van der Waals surface area contributed by atoms with E-state index >= 15 is 0 Å². The number of aromatic hydroxyl groups is 2. The largest absolute Gasteiger partial charge is 0.508 e. The minimum atomic E-state index is -1.66. The summed E-state index contributed by atoms with van der Waals surface area (Å²) in [5, 5.41) is 20.2. The molecule has 5 heteroatoms. The molecule has 0 atom stereocenters. The Morgan fingerprint density at radius 3 is 1.70 bits per heavy atom. The van der Waals surface area contributed by atoms with Crippen molar-refractivity contribution in [2.45, 2.75) is 0 Å². The second-order valence-corrected chi connectivity index (χ2v) is 6.10. The lowest BCUT2D eigenvalue weighted by Crippen LogP contribution is -2.10. The zero-order valence-corrected chi connectivity index (χ0v) is 13.1. The maximum absolute atomic E-state index is 10.1. The van der Waals surface area contributed by atoms with Gasteiger partial charge in [-0.1, -0.05) is 36.4 Å². The molecule has 116 valence electrons. The van der Waals surface area contributed by atoms with Crippen molar-refractivity contribution >= 4 is 13.7 Å². The van der Waals surface area contributed by atoms with E-state index in [1.54, 1.807) is 0 Å². The smallest absolute Gasteiger partial charge is 0.330 e. The number of hydrogen-bond donors (Lipinski definition) is 2. The normalized spacial score (nSPS) is 10.5. The van der Waals surface area contributed by atoms with Crippen molar-refractivity contribution in [1.82, 2.24) is 0 Å². The average molecular weight is 326 g/mol. The molecular weight excluding hydrogens is 311 g/mol. The molecule has 0 bridgehead atoms. The quantitative estimate of drug-likeness (QED) is 0.545. The van der Waals surface area contributed by atoms with Crippen molar-refractivity contribution < 1.29 is 19.3 Å². The first-order valence-corrected chi connectivity index (χ1v) is 8.18. The summed E-state index contributed by atoms with van der Waals surface area (Å²) in [6.07, 6.45) is 0. The van der Waals surface area contributed by atoms with E-state index in [-0.39, 0.29) is 11.5 Å². The molecule has 0 saturated carbocycles. The van der Waals surface area contributed by atoms with Gasteiger partial charge < -0.3 is 19.3 Å². The van der Waals surface area contributed by atoms with E-state index in [1.165, 1.54) is 18.2 Å². The maximum Gasteiger partial charge on any atom is 0.330 e. The fourth-order valence-corrected chi connectivity index (χ4v) is 3.29. The van der Waals surface area contributed by atoms with Gasteiger partial charge in [-0.05, 0) is 42.5 Å². The third-order valence-corrected chi connectivity index (χ3v) is 4.52. The highest BCUT2D eigenvalue weighted by atomic mass is 31.2. The highest BCUT2D eigenvalue weighted by Crippen LogP contribution is 2.42. The predicted octanol–water partition coefficient (Wildman–Crippen LogP) is 4.19. The van der Waals surface area contributed by atoms with Crippen LogP contribution in [0.4, 0.5) is 0 Å². The summed E-state index contributed by atoms with van der Waals surface area (Å²) in [6, 6.07) is 22.7. The summed E-state index contributed by atoms with van der Waals surface area (Å²) < 4.78 is 11.8. The van der Waals surface area contributed by atoms with E-state index in [0.29, 0.717) is 16.8 Å². The Balaban J connectivity index is 1.94. The summed E-state index contributed by atoms with van der Waals surface area (Å²) in [5.41, 5.74) is 0. The number of phenolic OH excluding ortho intramolecular Hbond substituents is 2. The molecule has 0 saturated heterocycles. The van der Waals surface area contributed by atoms with Gasteiger partial charge in [0.1, 0.15) is 28.3 Å². The molecule has 23 heavy (non-hydrogen) atoms. The van der Waals surface area contributed by atoms with Crippen LogP contribution in [0.5, 0.6) is 23.0 Å². The summed E-state index contributed by atoms with van der Waals surface area (Å²) >= 11 is 0. The van der Waals surface area contributed by atoms with Crippen LogP contribution in [0.25, 0.3) is 0 Å². The van der Waals surface area contributed by atoms with Crippen molar-refractivity contribution in [2.24, 2.45) is 0 Å². The Hall–Kier alpha value is -2.71.